The molecule has 0 aliphatic carbocycles. The van der Waals surface area contributed by atoms with Crippen LogP contribution in [0, 0.1) is 0 Å². The van der Waals surface area contributed by atoms with Crippen LogP contribution in [0.15, 0.2) is 70.1 Å². The number of ether oxygens (including phenoxy) is 2. The molecule has 0 saturated heterocycles. The number of benzene rings is 3. The standard InChI is InChI=1S/C21H14O4/c22-21-16(13-4-2-1-3-5-13)12-25-17-7-6-14-10-18-19(24-9-8-23-18)11-15(14)20(17)21/h1-7,10-12H,8-9H2. The molecule has 1 aromatic heterocycles. The summed E-state index contributed by atoms with van der Waals surface area (Å²) < 4.78 is 17.1. The number of hydrogen-bond donors (Lipinski definition) is 0. The van der Waals surface area contributed by atoms with Crippen molar-refractivity contribution in [3.05, 3.63) is 71.1 Å². The van der Waals surface area contributed by atoms with Crippen molar-refractivity contribution in [3.63, 3.8) is 0 Å². The van der Waals surface area contributed by atoms with Crippen LogP contribution in [-0.4, -0.2) is 13.2 Å². The third kappa shape index (κ3) is 2.18. The first kappa shape index (κ1) is 14.1. The van der Waals surface area contributed by atoms with Gasteiger partial charge >= 0.3 is 0 Å². The largest absolute Gasteiger partial charge is 0.486 e. The fourth-order valence-electron chi connectivity index (χ4n) is 3.30. The van der Waals surface area contributed by atoms with Crippen molar-refractivity contribution in [1.29, 1.82) is 0 Å². The summed E-state index contributed by atoms with van der Waals surface area (Å²) in [5, 5.41) is 2.30. The predicted octanol–water partition coefficient (Wildman–Crippen LogP) is 4.38. The van der Waals surface area contributed by atoms with Crippen molar-refractivity contribution < 1.29 is 13.9 Å². The molecule has 1 aliphatic heterocycles. The highest BCUT2D eigenvalue weighted by Crippen LogP contribution is 2.37. The first-order valence-corrected chi connectivity index (χ1v) is 8.14. The van der Waals surface area contributed by atoms with Crippen molar-refractivity contribution >= 4 is 21.7 Å². The fourth-order valence-corrected chi connectivity index (χ4v) is 3.30. The smallest absolute Gasteiger partial charge is 0.201 e. The third-order valence-electron chi connectivity index (χ3n) is 4.50. The minimum atomic E-state index is -0.0465. The highest BCUT2D eigenvalue weighted by atomic mass is 16.6. The molecule has 0 spiro atoms. The zero-order chi connectivity index (χ0) is 16.8. The molecule has 5 rings (SSSR count). The van der Waals surface area contributed by atoms with Gasteiger partial charge in [-0.25, -0.2) is 0 Å². The summed E-state index contributed by atoms with van der Waals surface area (Å²) in [6, 6.07) is 17.1. The molecule has 4 heteroatoms. The van der Waals surface area contributed by atoms with Crippen molar-refractivity contribution in [3.8, 4) is 22.6 Å². The Morgan fingerprint density at radius 3 is 2.40 bits per heavy atom. The molecule has 25 heavy (non-hydrogen) atoms. The Labute approximate surface area is 143 Å². The molecular formula is C21H14O4. The first-order valence-electron chi connectivity index (χ1n) is 8.14. The van der Waals surface area contributed by atoms with Gasteiger partial charge in [0.1, 0.15) is 25.1 Å². The van der Waals surface area contributed by atoms with Gasteiger partial charge in [0.15, 0.2) is 11.5 Å². The normalized spacial score (nSPS) is 13.3. The average Bonchev–Trinajstić information content (AvgIpc) is 2.67. The van der Waals surface area contributed by atoms with Crippen molar-refractivity contribution in [2.45, 2.75) is 0 Å². The molecule has 0 N–H and O–H groups in total. The van der Waals surface area contributed by atoms with E-state index in [-0.39, 0.29) is 5.43 Å². The van der Waals surface area contributed by atoms with Crippen LogP contribution in [0.25, 0.3) is 32.9 Å². The number of fused-ring (bicyclic) bond motifs is 4. The summed E-state index contributed by atoms with van der Waals surface area (Å²) in [6.45, 7) is 1.04. The second kappa shape index (κ2) is 5.38. The summed E-state index contributed by atoms with van der Waals surface area (Å²) in [6.07, 6.45) is 1.53. The molecular weight excluding hydrogens is 316 g/mol. The van der Waals surface area contributed by atoms with Crippen molar-refractivity contribution in [1.82, 2.24) is 0 Å². The Morgan fingerprint density at radius 1 is 0.840 bits per heavy atom. The van der Waals surface area contributed by atoms with Crippen LogP contribution >= 0.6 is 0 Å². The van der Waals surface area contributed by atoms with Crippen LogP contribution in [-0.2, 0) is 0 Å². The van der Waals surface area contributed by atoms with Crippen LogP contribution in [0.5, 0.6) is 11.5 Å². The molecule has 1 aliphatic rings. The molecule has 122 valence electrons. The minimum Gasteiger partial charge on any atom is -0.486 e. The lowest BCUT2D eigenvalue weighted by Gasteiger charge is -2.19. The van der Waals surface area contributed by atoms with Gasteiger partial charge in [0, 0.05) is 5.39 Å². The van der Waals surface area contributed by atoms with E-state index in [2.05, 4.69) is 0 Å². The summed E-state index contributed by atoms with van der Waals surface area (Å²) in [7, 11) is 0. The van der Waals surface area contributed by atoms with Crippen LogP contribution in [0.3, 0.4) is 0 Å². The van der Waals surface area contributed by atoms with E-state index in [0.29, 0.717) is 41.2 Å². The van der Waals surface area contributed by atoms with Gasteiger partial charge in [-0.2, -0.15) is 0 Å². The van der Waals surface area contributed by atoms with E-state index in [0.717, 1.165) is 16.3 Å². The SMILES string of the molecule is O=c1c(-c2ccccc2)coc2ccc3cc4c(cc3c12)OCCO4. The van der Waals surface area contributed by atoms with Crippen LogP contribution in [0.1, 0.15) is 0 Å². The van der Waals surface area contributed by atoms with Gasteiger partial charge < -0.3 is 13.9 Å². The second-order valence-electron chi connectivity index (χ2n) is 6.00. The maximum absolute atomic E-state index is 13.2. The van der Waals surface area contributed by atoms with E-state index >= 15 is 0 Å². The Balaban J connectivity index is 1.86. The summed E-state index contributed by atoms with van der Waals surface area (Å²) >= 11 is 0. The molecule has 0 amide bonds. The molecule has 4 nitrogen and oxygen atoms in total. The van der Waals surface area contributed by atoms with Crippen LogP contribution in [0.2, 0.25) is 0 Å². The molecule has 0 bridgehead atoms. The second-order valence-corrected chi connectivity index (χ2v) is 6.00. The zero-order valence-corrected chi connectivity index (χ0v) is 13.3. The maximum atomic E-state index is 13.2. The van der Waals surface area contributed by atoms with Gasteiger partial charge in [-0.05, 0) is 29.1 Å². The van der Waals surface area contributed by atoms with Gasteiger partial charge in [0.05, 0.1) is 10.9 Å². The average molecular weight is 330 g/mol. The van der Waals surface area contributed by atoms with Crippen molar-refractivity contribution in [2.24, 2.45) is 0 Å². The summed E-state index contributed by atoms with van der Waals surface area (Å²) in [5.41, 5.74) is 1.91. The number of hydrogen-bond acceptors (Lipinski definition) is 4. The van der Waals surface area contributed by atoms with Gasteiger partial charge in [-0.15, -0.1) is 0 Å². The third-order valence-corrected chi connectivity index (χ3v) is 4.50. The zero-order valence-electron chi connectivity index (χ0n) is 13.3. The van der Waals surface area contributed by atoms with E-state index in [1.54, 1.807) is 0 Å². The predicted molar refractivity (Wildman–Crippen MR) is 96.4 cm³/mol. The van der Waals surface area contributed by atoms with Gasteiger partial charge in [-0.1, -0.05) is 36.4 Å². The van der Waals surface area contributed by atoms with E-state index < -0.39 is 0 Å². The molecule has 0 radical (unpaired) electrons. The highest BCUT2D eigenvalue weighted by molar-refractivity contribution is 6.07. The summed E-state index contributed by atoms with van der Waals surface area (Å²) in [5.74, 6) is 1.37. The lowest BCUT2D eigenvalue weighted by molar-refractivity contribution is 0.172. The van der Waals surface area contributed by atoms with E-state index in [9.17, 15) is 4.79 Å². The quantitative estimate of drug-likeness (QED) is 0.486. The lowest BCUT2D eigenvalue weighted by Crippen LogP contribution is -2.15. The van der Waals surface area contributed by atoms with Crippen molar-refractivity contribution in [2.75, 3.05) is 13.2 Å². The molecule has 0 atom stereocenters. The van der Waals surface area contributed by atoms with E-state index in [4.69, 9.17) is 13.9 Å². The molecule has 2 heterocycles. The summed E-state index contributed by atoms with van der Waals surface area (Å²) in [4.78, 5) is 13.2. The maximum Gasteiger partial charge on any atom is 0.201 e. The fraction of sp³-hybridized carbons (Fsp3) is 0.0952. The van der Waals surface area contributed by atoms with Crippen LogP contribution in [0.4, 0.5) is 0 Å². The van der Waals surface area contributed by atoms with Crippen LogP contribution < -0.4 is 14.9 Å². The highest BCUT2D eigenvalue weighted by Gasteiger charge is 2.17. The van der Waals surface area contributed by atoms with E-state index in [1.807, 2.05) is 54.6 Å². The number of rotatable bonds is 1. The molecule has 0 saturated carbocycles. The molecule has 4 aromatic rings. The van der Waals surface area contributed by atoms with E-state index in [1.165, 1.54) is 6.26 Å². The van der Waals surface area contributed by atoms with Gasteiger partial charge in [0.2, 0.25) is 5.43 Å². The molecule has 3 aromatic carbocycles. The minimum absolute atomic E-state index is 0.0465. The lowest BCUT2D eigenvalue weighted by atomic mass is 10.0. The van der Waals surface area contributed by atoms with Gasteiger partial charge in [-0.3, -0.25) is 4.79 Å². The van der Waals surface area contributed by atoms with Gasteiger partial charge in [0.25, 0.3) is 0 Å². The monoisotopic (exact) mass is 330 g/mol. The molecule has 0 unspecified atom stereocenters. The topological polar surface area (TPSA) is 48.7 Å². The Bertz CT molecular complexity index is 1160. The molecule has 0 fully saturated rings. The Hall–Kier alpha value is -3.27. The Kier molecular flexibility index (Phi) is 3.04. The first-order chi connectivity index (χ1) is 12.3. The Morgan fingerprint density at radius 2 is 1.60 bits per heavy atom.